The summed E-state index contributed by atoms with van der Waals surface area (Å²) in [5.41, 5.74) is 1.56. The smallest absolute Gasteiger partial charge is 0.341 e. The van der Waals surface area contributed by atoms with Crippen molar-refractivity contribution in [2.75, 3.05) is 18.2 Å². The number of thiophene rings is 1. The Kier molecular flexibility index (Phi) is 5.48. The SMILES string of the molecule is COC(=O)c1c(NC(=O)CSc2ccc(Cl)cc2)sc2c1CCC2. The molecule has 0 unspecified atom stereocenters. The average molecular weight is 382 g/mol. The third-order valence-corrected chi connectivity index (χ3v) is 6.22. The highest BCUT2D eigenvalue weighted by atomic mass is 35.5. The summed E-state index contributed by atoms with van der Waals surface area (Å²) in [6.07, 6.45) is 2.87. The van der Waals surface area contributed by atoms with E-state index in [0.29, 0.717) is 15.6 Å². The lowest BCUT2D eigenvalue weighted by atomic mass is 10.1. The Morgan fingerprint density at radius 2 is 2.04 bits per heavy atom. The molecule has 126 valence electrons. The molecule has 1 aromatic carbocycles. The summed E-state index contributed by atoms with van der Waals surface area (Å²) < 4.78 is 4.88. The number of rotatable bonds is 5. The molecule has 3 rings (SSSR count). The number of hydrogen-bond donors (Lipinski definition) is 1. The van der Waals surface area contributed by atoms with Gasteiger partial charge in [-0.25, -0.2) is 4.79 Å². The predicted octanol–water partition coefficient (Wildman–Crippen LogP) is 4.41. The van der Waals surface area contributed by atoms with E-state index in [1.807, 2.05) is 12.1 Å². The second-order valence-corrected chi connectivity index (χ2v) is 7.93. The normalized spacial score (nSPS) is 12.8. The van der Waals surface area contributed by atoms with Crippen LogP contribution in [0.1, 0.15) is 27.2 Å². The van der Waals surface area contributed by atoms with Gasteiger partial charge < -0.3 is 10.1 Å². The highest BCUT2D eigenvalue weighted by Crippen LogP contribution is 2.39. The standard InChI is InChI=1S/C17H16ClNO3S2/c1-22-17(21)15-12-3-2-4-13(12)24-16(15)19-14(20)9-23-11-7-5-10(18)6-8-11/h5-8H,2-4,9H2,1H3,(H,19,20). The Bertz CT molecular complexity index is 771. The van der Waals surface area contributed by atoms with E-state index < -0.39 is 0 Å². The van der Waals surface area contributed by atoms with Gasteiger partial charge in [0.2, 0.25) is 5.91 Å². The van der Waals surface area contributed by atoms with Gasteiger partial charge in [-0.2, -0.15) is 0 Å². The second-order valence-electron chi connectivity index (χ2n) is 5.34. The Hall–Kier alpha value is -1.50. The van der Waals surface area contributed by atoms with Crippen LogP contribution in [0.15, 0.2) is 29.2 Å². The number of carbonyl (C=O) groups excluding carboxylic acids is 2. The summed E-state index contributed by atoms with van der Waals surface area (Å²) >= 11 is 8.76. The highest BCUT2D eigenvalue weighted by Gasteiger charge is 2.27. The van der Waals surface area contributed by atoms with Crippen LogP contribution >= 0.6 is 34.7 Å². The first kappa shape index (κ1) is 17.3. The van der Waals surface area contributed by atoms with Crippen molar-refractivity contribution in [1.29, 1.82) is 0 Å². The van der Waals surface area contributed by atoms with Gasteiger partial charge in [0.05, 0.1) is 18.4 Å². The molecule has 1 N–H and O–H groups in total. The third kappa shape index (κ3) is 3.77. The number of ether oxygens (including phenoxy) is 1. The molecule has 7 heteroatoms. The molecule has 0 atom stereocenters. The van der Waals surface area contributed by atoms with Gasteiger partial charge in [-0.1, -0.05) is 11.6 Å². The number of anilines is 1. The lowest BCUT2D eigenvalue weighted by molar-refractivity contribution is -0.113. The quantitative estimate of drug-likeness (QED) is 0.615. The fourth-order valence-electron chi connectivity index (χ4n) is 2.65. The van der Waals surface area contributed by atoms with Gasteiger partial charge in [0.25, 0.3) is 0 Å². The molecule has 2 aromatic rings. The number of methoxy groups -OCH3 is 1. The predicted molar refractivity (Wildman–Crippen MR) is 98.5 cm³/mol. The average Bonchev–Trinajstić information content (AvgIpc) is 3.14. The van der Waals surface area contributed by atoms with Crippen LogP contribution in [-0.2, 0) is 22.4 Å². The maximum Gasteiger partial charge on any atom is 0.341 e. The van der Waals surface area contributed by atoms with Gasteiger partial charge in [-0.05, 0) is 49.1 Å². The molecule has 0 fully saturated rings. The Morgan fingerprint density at radius 1 is 1.29 bits per heavy atom. The summed E-state index contributed by atoms with van der Waals surface area (Å²) in [4.78, 5) is 26.4. The lowest BCUT2D eigenvalue weighted by Gasteiger charge is -2.07. The molecular weight excluding hydrogens is 366 g/mol. The van der Waals surface area contributed by atoms with Crippen molar-refractivity contribution in [2.45, 2.75) is 24.2 Å². The maximum absolute atomic E-state index is 12.2. The number of esters is 1. The molecule has 1 heterocycles. The minimum atomic E-state index is -0.380. The largest absolute Gasteiger partial charge is 0.465 e. The number of halogens is 1. The van der Waals surface area contributed by atoms with Gasteiger partial charge in [0, 0.05) is 14.8 Å². The van der Waals surface area contributed by atoms with Crippen LogP contribution in [-0.4, -0.2) is 24.7 Å². The van der Waals surface area contributed by atoms with E-state index in [0.717, 1.165) is 29.7 Å². The number of aryl methyl sites for hydroxylation is 1. The van der Waals surface area contributed by atoms with Crippen molar-refractivity contribution in [3.63, 3.8) is 0 Å². The molecular formula is C17H16ClNO3S2. The molecule has 0 radical (unpaired) electrons. The van der Waals surface area contributed by atoms with E-state index in [4.69, 9.17) is 16.3 Å². The molecule has 0 bridgehead atoms. The first-order chi connectivity index (χ1) is 11.6. The molecule has 24 heavy (non-hydrogen) atoms. The van der Waals surface area contributed by atoms with Gasteiger partial charge in [-0.15, -0.1) is 23.1 Å². The van der Waals surface area contributed by atoms with Crippen LogP contribution in [0.3, 0.4) is 0 Å². The van der Waals surface area contributed by atoms with Crippen molar-refractivity contribution in [2.24, 2.45) is 0 Å². The van der Waals surface area contributed by atoms with E-state index in [-0.39, 0.29) is 17.6 Å². The zero-order valence-electron chi connectivity index (χ0n) is 13.1. The number of hydrogen-bond acceptors (Lipinski definition) is 5. The Labute approximate surface area is 153 Å². The monoisotopic (exact) mass is 381 g/mol. The van der Waals surface area contributed by atoms with Crippen molar-refractivity contribution in [3.8, 4) is 0 Å². The molecule has 1 aromatic heterocycles. The van der Waals surface area contributed by atoms with Gasteiger partial charge >= 0.3 is 5.97 Å². The van der Waals surface area contributed by atoms with Crippen molar-refractivity contribution in [3.05, 3.63) is 45.3 Å². The van der Waals surface area contributed by atoms with E-state index in [2.05, 4.69) is 5.32 Å². The van der Waals surface area contributed by atoms with E-state index >= 15 is 0 Å². The molecule has 1 amide bonds. The molecule has 0 spiro atoms. The van der Waals surface area contributed by atoms with Gasteiger partial charge in [-0.3, -0.25) is 4.79 Å². The number of thioether (sulfide) groups is 1. The van der Waals surface area contributed by atoms with Gasteiger partial charge in [0.15, 0.2) is 0 Å². The molecule has 1 aliphatic carbocycles. The Balaban J connectivity index is 1.68. The van der Waals surface area contributed by atoms with Crippen molar-refractivity contribution in [1.82, 2.24) is 0 Å². The van der Waals surface area contributed by atoms with Crippen LogP contribution in [0.2, 0.25) is 5.02 Å². The van der Waals surface area contributed by atoms with E-state index in [1.54, 1.807) is 12.1 Å². The topological polar surface area (TPSA) is 55.4 Å². The molecule has 0 aliphatic heterocycles. The number of nitrogens with one attached hydrogen (secondary N) is 1. The Morgan fingerprint density at radius 3 is 2.75 bits per heavy atom. The summed E-state index contributed by atoms with van der Waals surface area (Å²) in [5.74, 6) is -0.250. The molecule has 0 saturated carbocycles. The summed E-state index contributed by atoms with van der Waals surface area (Å²) in [6, 6.07) is 7.33. The third-order valence-electron chi connectivity index (χ3n) is 3.75. The zero-order valence-corrected chi connectivity index (χ0v) is 15.4. The highest BCUT2D eigenvalue weighted by molar-refractivity contribution is 8.00. The molecule has 1 aliphatic rings. The molecule has 4 nitrogen and oxygen atoms in total. The fraction of sp³-hybridized carbons (Fsp3) is 0.294. The fourth-order valence-corrected chi connectivity index (χ4v) is 4.77. The summed E-state index contributed by atoms with van der Waals surface area (Å²) in [7, 11) is 1.36. The number of benzene rings is 1. The van der Waals surface area contributed by atoms with E-state index in [1.165, 1.54) is 35.1 Å². The second kappa shape index (κ2) is 7.59. The number of fused-ring (bicyclic) bond motifs is 1. The lowest BCUT2D eigenvalue weighted by Crippen LogP contribution is -2.16. The maximum atomic E-state index is 12.2. The van der Waals surface area contributed by atoms with Crippen LogP contribution in [0, 0.1) is 0 Å². The minimum absolute atomic E-state index is 0.139. The number of carbonyl (C=O) groups is 2. The van der Waals surface area contributed by atoms with Crippen LogP contribution in [0.4, 0.5) is 5.00 Å². The first-order valence-corrected chi connectivity index (χ1v) is 9.67. The first-order valence-electron chi connectivity index (χ1n) is 7.49. The van der Waals surface area contributed by atoms with E-state index in [9.17, 15) is 9.59 Å². The van der Waals surface area contributed by atoms with Crippen LogP contribution in [0.5, 0.6) is 0 Å². The number of amides is 1. The molecule has 0 saturated heterocycles. The summed E-state index contributed by atoms with van der Waals surface area (Å²) in [5, 5.41) is 4.14. The zero-order chi connectivity index (χ0) is 17.1. The summed E-state index contributed by atoms with van der Waals surface area (Å²) in [6.45, 7) is 0. The van der Waals surface area contributed by atoms with Gasteiger partial charge in [0.1, 0.15) is 5.00 Å². The minimum Gasteiger partial charge on any atom is -0.465 e. The van der Waals surface area contributed by atoms with Crippen LogP contribution < -0.4 is 5.32 Å². The van der Waals surface area contributed by atoms with Crippen molar-refractivity contribution < 1.29 is 14.3 Å². The van der Waals surface area contributed by atoms with Crippen molar-refractivity contribution >= 4 is 51.6 Å². The van der Waals surface area contributed by atoms with Crippen LogP contribution in [0.25, 0.3) is 0 Å².